The number of nitrogens with zero attached hydrogens (tertiary/aromatic N) is 1. The zero-order valence-corrected chi connectivity index (χ0v) is 13.5. The van der Waals surface area contributed by atoms with E-state index in [0.717, 1.165) is 17.8 Å². The predicted molar refractivity (Wildman–Crippen MR) is 85.0 cm³/mol. The van der Waals surface area contributed by atoms with E-state index in [2.05, 4.69) is 5.32 Å². The molecule has 1 heterocycles. The van der Waals surface area contributed by atoms with Gasteiger partial charge >= 0.3 is 12.1 Å². The van der Waals surface area contributed by atoms with Gasteiger partial charge in [0.25, 0.3) is 5.56 Å². The lowest BCUT2D eigenvalue weighted by Gasteiger charge is -2.10. The number of pyridine rings is 1. The summed E-state index contributed by atoms with van der Waals surface area (Å²) in [5.41, 5.74) is -1.93. The summed E-state index contributed by atoms with van der Waals surface area (Å²) in [6.45, 7) is -1.07. The van der Waals surface area contributed by atoms with Gasteiger partial charge < -0.3 is 14.6 Å². The molecule has 1 amide bonds. The number of hydrogen-bond donors (Lipinski definition) is 1. The van der Waals surface area contributed by atoms with Crippen molar-refractivity contribution < 1.29 is 27.5 Å². The molecule has 0 aliphatic carbocycles. The standard InChI is InChI=1S/C17H15F3N2O4/c18-17(19,20)13-7-4-8-22(16(13)25)10-14(23)21-9-15(24)26-11-12-5-2-1-3-6-12/h1-8H,9-11H2,(H,21,23). The summed E-state index contributed by atoms with van der Waals surface area (Å²) in [5.74, 6) is -1.50. The fraction of sp³-hybridized carbons (Fsp3) is 0.235. The smallest absolute Gasteiger partial charge is 0.421 e. The number of esters is 1. The third-order valence-electron chi connectivity index (χ3n) is 3.31. The van der Waals surface area contributed by atoms with Crippen LogP contribution in [0.15, 0.2) is 53.5 Å². The normalized spacial score (nSPS) is 11.0. The highest BCUT2D eigenvalue weighted by atomic mass is 19.4. The highest BCUT2D eigenvalue weighted by molar-refractivity contribution is 5.81. The molecule has 2 rings (SSSR count). The maximum atomic E-state index is 12.7. The molecule has 1 aromatic heterocycles. The molecule has 0 spiro atoms. The van der Waals surface area contributed by atoms with Crippen LogP contribution in [0.25, 0.3) is 0 Å². The van der Waals surface area contributed by atoms with E-state index in [9.17, 15) is 27.6 Å². The Bertz CT molecular complexity index is 832. The van der Waals surface area contributed by atoms with Gasteiger partial charge in [0, 0.05) is 6.20 Å². The third-order valence-corrected chi connectivity index (χ3v) is 3.31. The number of carbonyl (C=O) groups excluding carboxylic acids is 2. The maximum absolute atomic E-state index is 12.7. The second-order valence-corrected chi connectivity index (χ2v) is 5.28. The fourth-order valence-electron chi connectivity index (χ4n) is 2.05. The Morgan fingerprint density at radius 2 is 1.77 bits per heavy atom. The van der Waals surface area contributed by atoms with Crippen LogP contribution in [0.5, 0.6) is 0 Å². The van der Waals surface area contributed by atoms with Crippen molar-refractivity contribution >= 4 is 11.9 Å². The molecule has 0 aliphatic heterocycles. The number of nitrogens with one attached hydrogen (secondary N) is 1. The minimum absolute atomic E-state index is 0.0304. The van der Waals surface area contributed by atoms with Crippen LogP contribution in [-0.4, -0.2) is 23.0 Å². The number of hydrogen-bond acceptors (Lipinski definition) is 4. The zero-order valence-electron chi connectivity index (χ0n) is 13.5. The molecular formula is C17H15F3N2O4. The van der Waals surface area contributed by atoms with E-state index in [1.54, 1.807) is 30.3 Å². The molecule has 0 saturated heterocycles. The summed E-state index contributed by atoms with van der Waals surface area (Å²) in [5, 5.41) is 2.20. The first-order valence-electron chi connectivity index (χ1n) is 7.50. The van der Waals surface area contributed by atoms with E-state index < -0.39 is 42.3 Å². The van der Waals surface area contributed by atoms with Crippen LogP contribution in [0, 0.1) is 0 Å². The molecule has 0 aliphatic rings. The van der Waals surface area contributed by atoms with Crippen molar-refractivity contribution in [1.82, 2.24) is 9.88 Å². The third kappa shape index (κ3) is 5.47. The van der Waals surface area contributed by atoms with Crippen molar-refractivity contribution in [3.63, 3.8) is 0 Å². The molecule has 1 aromatic carbocycles. The Balaban J connectivity index is 1.85. The monoisotopic (exact) mass is 368 g/mol. The van der Waals surface area contributed by atoms with Gasteiger partial charge in [-0.05, 0) is 17.7 Å². The number of rotatable bonds is 6. The van der Waals surface area contributed by atoms with Crippen molar-refractivity contribution in [2.45, 2.75) is 19.3 Å². The van der Waals surface area contributed by atoms with Crippen LogP contribution in [0.2, 0.25) is 0 Å². The largest absolute Gasteiger partial charge is 0.460 e. The van der Waals surface area contributed by atoms with E-state index in [1.165, 1.54) is 0 Å². The van der Waals surface area contributed by atoms with E-state index >= 15 is 0 Å². The number of benzene rings is 1. The van der Waals surface area contributed by atoms with Gasteiger partial charge in [-0.1, -0.05) is 30.3 Å². The van der Waals surface area contributed by atoms with Gasteiger partial charge in [0.2, 0.25) is 5.91 Å². The molecule has 0 radical (unpaired) electrons. The maximum Gasteiger partial charge on any atom is 0.421 e. The quantitative estimate of drug-likeness (QED) is 0.788. The Morgan fingerprint density at radius 3 is 2.42 bits per heavy atom. The average Bonchev–Trinajstić information content (AvgIpc) is 2.60. The minimum Gasteiger partial charge on any atom is -0.460 e. The van der Waals surface area contributed by atoms with Crippen molar-refractivity contribution in [2.75, 3.05) is 6.54 Å². The van der Waals surface area contributed by atoms with Crippen LogP contribution in [-0.2, 0) is 33.7 Å². The molecule has 6 nitrogen and oxygen atoms in total. The van der Waals surface area contributed by atoms with Gasteiger partial charge in [0.1, 0.15) is 25.3 Å². The van der Waals surface area contributed by atoms with Crippen molar-refractivity contribution in [3.05, 3.63) is 70.1 Å². The molecule has 0 bridgehead atoms. The molecular weight excluding hydrogens is 353 g/mol. The van der Waals surface area contributed by atoms with Crippen LogP contribution < -0.4 is 10.9 Å². The molecule has 9 heteroatoms. The molecule has 0 atom stereocenters. The first-order valence-corrected chi connectivity index (χ1v) is 7.50. The zero-order chi connectivity index (χ0) is 19.2. The van der Waals surface area contributed by atoms with Gasteiger partial charge in [-0.15, -0.1) is 0 Å². The molecule has 0 saturated carbocycles. The average molecular weight is 368 g/mol. The number of ether oxygens (including phenoxy) is 1. The Morgan fingerprint density at radius 1 is 1.08 bits per heavy atom. The first-order chi connectivity index (χ1) is 12.3. The molecule has 0 unspecified atom stereocenters. The number of amides is 1. The van der Waals surface area contributed by atoms with Crippen molar-refractivity contribution in [1.29, 1.82) is 0 Å². The molecule has 138 valence electrons. The van der Waals surface area contributed by atoms with Gasteiger partial charge in [-0.3, -0.25) is 14.4 Å². The summed E-state index contributed by atoms with van der Waals surface area (Å²) in [6.07, 6.45) is -3.75. The van der Waals surface area contributed by atoms with Crippen molar-refractivity contribution in [3.8, 4) is 0 Å². The van der Waals surface area contributed by atoms with Crippen LogP contribution in [0.1, 0.15) is 11.1 Å². The minimum atomic E-state index is -4.81. The lowest BCUT2D eigenvalue weighted by Crippen LogP contribution is -2.37. The number of aromatic nitrogens is 1. The lowest BCUT2D eigenvalue weighted by atomic mass is 10.2. The Hall–Kier alpha value is -3.10. The summed E-state index contributed by atoms with van der Waals surface area (Å²) in [6, 6.07) is 10.5. The summed E-state index contributed by atoms with van der Waals surface area (Å²) in [4.78, 5) is 35.0. The number of alkyl halides is 3. The van der Waals surface area contributed by atoms with Gasteiger partial charge in [0.15, 0.2) is 0 Å². The Labute approximate surface area is 146 Å². The highest BCUT2D eigenvalue weighted by Gasteiger charge is 2.34. The van der Waals surface area contributed by atoms with Crippen LogP contribution >= 0.6 is 0 Å². The SMILES string of the molecule is O=C(Cn1cccc(C(F)(F)F)c1=O)NCC(=O)OCc1ccccc1. The summed E-state index contributed by atoms with van der Waals surface area (Å²) in [7, 11) is 0. The molecule has 0 fully saturated rings. The van der Waals surface area contributed by atoms with Crippen LogP contribution in [0.4, 0.5) is 13.2 Å². The van der Waals surface area contributed by atoms with E-state index in [4.69, 9.17) is 4.74 Å². The molecule has 1 N–H and O–H groups in total. The highest BCUT2D eigenvalue weighted by Crippen LogP contribution is 2.25. The van der Waals surface area contributed by atoms with E-state index in [1.807, 2.05) is 0 Å². The van der Waals surface area contributed by atoms with Gasteiger partial charge in [-0.2, -0.15) is 13.2 Å². The molecule has 26 heavy (non-hydrogen) atoms. The summed E-state index contributed by atoms with van der Waals surface area (Å²) < 4.78 is 43.6. The Kier molecular flexibility index (Phi) is 6.16. The number of carbonyl (C=O) groups is 2. The number of halogens is 3. The second kappa shape index (κ2) is 8.32. The molecule has 2 aromatic rings. The van der Waals surface area contributed by atoms with Crippen LogP contribution in [0.3, 0.4) is 0 Å². The van der Waals surface area contributed by atoms with E-state index in [-0.39, 0.29) is 6.61 Å². The van der Waals surface area contributed by atoms with E-state index in [0.29, 0.717) is 10.6 Å². The first kappa shape index (κ1) is 19.2. The fourth-order valence-corrected chi connectivity index (χ4v) is 2.05. The second-order valence-electron chi connectivity index (χ2n) is 5.28. The van der Waals surface area contributed by atoms with Crippen molar-refractivity contribution in [2.24, 2.45) is 0 Å². The topological polar surface area (TPSA) is 77.4 Å². The lowest BCUT2D eigenvalue weighted by molar-refractivity contribution is -0.145. The summed E-state index contributed by atoms with van der Waals surface area (Å²) >= 11 is 0. The van der Waals surface area contributed by atoms with Gasteiger partial charge in [-0.25, -0.2) is 0 Å². The predicted octanol–water partition coefficient (Wildman–Crippen LogP) is 1.73. The van der Waals surface area contributed by atoms with Gasteiger partial charge in [0.05, 0.1) is 0 Å².